The molecule has 7 heteroatoms. The highest BCUT2D eigenvalue weighted by Gasteiger charge is 2.50. The fourth-order valence-electron chi connectivity index (χ4n) is 3.40. The van der Waals surface area contributed by atoms with E-state index in [4.69, 9.17) is 0 Å². The molecule has 1 aromatic carbocycles. The molecule has 122 valence electrons. The molecule has 3 amide bonds. The second kappa shape index (κ2) is 5.98. The molecule has 2 fully saturated rings. The van der Waals surface area contributed by atoms with Crippen LogP contribution in [-0.2, 0) is 11.3 Å². The average molecular weight is 317 g/mol. The van der Waals surface area contributed by atoms with Crippen LogP contribution in [0.2, 0.25) is 0 Å². The third kappa shape index (κ3) is 2.91. The number of nitrogens with one attached hydrogen (secondary N) is 1. The van der Waals surface area contributed by atoms with Gasteiger partial charge in [-0.2, -0.15) is 0 Å². The number of carbonyl (C=O) groups excluding carboxylic acids is 2. The van der Waals surface area contributed by atoms with Gasteiger partial charge >= 0.3 is 6.03 Å². The van der Waals surface area contributed by atoms with E-state index in [1.54, 1.807) is 12.1 Å². The predicted octanol–water partition coefficient (Wildman–Crippen LogP) is 2.74. The Morgan fingerprint density at radius 1 is 1.09 bits per heavy atom. The fraction of sp³-hybridized carbons (Fsp3) is 0.500. The average Bonchev–Trinajstić information content (AvgIpc) is 2.72. The zero-order valence-corrected chi connectivity index (χ0v) is 12.8. The van der Waals surface area contributed by atoms with Crippen molar-refractivity contribution in [3.05, 3.63) is 39.9 Å². The molecule has 0 radical (unpaired) electrons. The Bertz CT molecular complexity index is 633. The molecule has 0 aromatic heterocycles. The Labute approximate surface area is 133 Å². The van der Waals surface area contributed by atoms with Gasteiger partial charge in [-0.3, -0.25) is 19.8 Å². The third-order valence-electron chi connectivity index (χ3n) is 4.69. The highest BCUT2D eigenvalue weighted by molar-refractivity contribution is 6.07. The number of carbonyl (C=O) groups is 2. The highest BCUT2D eigenvalue weighted by atomic mass is 16.6. The summed E-state index contributed by atoms with van der Waals surface area (Å²) in [5.74, 6) is -0.164. The van der Waals surface area contributed by atoms with Crippen molar-refractivity contribution < 1.29 is 14.5 Å². The number of amides is 3. The normalized spacial score (nSPS) is 20.4. The number of nitro groups is 1. The van der Waals surface area contributed by atoms with Gasteiger partial charge in [-0.25, -0.2) is 4.79 Å². The molecule has 2 aliphatic rings. The van der Waals surface area contributed by atoms with Gasteiger partial charge < -0.3 is 5.32 Å². The van der Waals surface area contributed by atoms with Crippen LogP contribution in [0.1, 0.15) is 44.1 Å². The lowest BCUT2D eigenvalue weighted by Crippen LogP contribution is -2.46. The summed E-state index contributed by atoms with van der Waals surface area (Å²) in [6.07, 6.45) is 5.44. The molecule has 1 aliphatic heterocycles. The maximum Gasteiger partial charge on any atom is 0.325 e. The standard InChI is InChI=1S/C16H19N3O4/c20-14-16(9-3-1-2-4-10-16)17-15(21)18(14)11-12-5-7-13(8-6-12)19(22)23/h5-8H,1-4,9-11H2,(H,17,21). The van der Waals surface area contributed by atoms with E-state index in [9.17, 15) is 19.7 Å². The van der Waals surface area contributed by atoms with Crippen molar-refractivity contribution in [2.24, 2.45) is 0 Å². The Balaban J connectivity index is 1.76. The smallest absolute Gasteiger partial charge is 0.323 e. The maximum absolute atomic E-state index is 12.8. The summed E-state index contributed by atoms with van der Waals surface area (Å²) in [5, 5.41) is 13.6. The van der Waals surface area contributed by atoms with Crippen molar-refractivity contribution in [2.45, 2.75) is 50.6 Å². The number of benzene rings is 1. The summed E-state index contributed by atoms with van der Waals surface area (Å²) in [6.45, 7) is 0.143. The first-order valence-electron chi connectivity index (χ1n) is 7.89. The summed E-state index contributed by atoms with van der Waals surface area (Å²) < 4.78 is 0. The predicted molar refractivity (Wildman–Crippen MR) is 82.6 cm³/mol. The summed E-state index contributed by atoms with van der Waals surface area (Å²) >= 11 is 0. The summed E-state index contributed by atoms with van der Waals surface area (Å²) in [7, 11) is 0. The van der Waals surface area contributed by atoms with Crippen molar-refractivity contribution in [3.63, 3.8) is 0 Å². The molecule has 1 aliphatic carbocycles. The van der Waals surface area contributed by atoms with Gasteiger partial charge in [-0.05, 0) is 18.4 Å². The van der Waals surface area contributed by atoms with Gasteiger partial charge in [-0.1, -0.05) is 37.8 Å². The maximum atomic E-state index is 12.8. The van der Waals surface area contributed by atoms with Crippen LogP contribution < -0.4 is 5.32 Å². The van der Waals surface area contributed by atoms with Crippen molar-refractivity contribution >= 4 is 17.6 Å². The molecule has 1 saturated carbocycles. The summed E-state index contributed by atoms with van der Waals surface area (Å²) in [4.78, 5) is 36.4. The molecule has 23 heavy (non-hydrogen) atoms. The summed E-state index contributed by atoms with van der Waals surface area (Å²) in [5.41, 5.74) is -0.0510. The van der Waals surface area contributed by atoms with Crippen LogP contribution in [0.3, 0.4) is 0 Å². The second-order valence-electron chi connectivity index (χ2n) is 6.24. The van der Waals surface area contributed by atoms with E-state index in [1.807, 2.05) is 0 Å². The third-order valence-corrected chi connectivity index (χ3v) is 4.69. The number of urea groups is 1. The molecular formula is C16H19N3O4. The lowest BCUT2D eigenvalue weighted by molar-refractivity contribution is -0.384. The van der Waals surface area contributed by atoms with E-state index in [1.165, 1.54) is 17.0 Å². The Kier molecular flexibility index (Phi) is 4.02. The van der Waals surface area contributed by atoms with Crippen LogP contribution in [-0.4, -0.2) is 27.3 Å². The first-order chi connectivity index (χ1) is 11.0. The van der Waals surface area contributed by atoms with Crippen molar-refractivity contribution in [1.82, 2.24) is 10.2 Å². The van der Waals surface area contributed by atoms with E-state index < -0.39 is 10.5 Å². The number of imide groups is 1. The van der Waals surface area contributed by atoms with Crippen LogP contribution in [0.15, 0.2) is 24.3 Å². The summed E-state index contributed by atoms with van der Waals surface area (Å²) in [6, 6.07) is 5.56. The van der Waals surface area contributed by atoms with Crippen LogP contribution in [0.25, 0.3) is 0 Å². The molecule has 1 N–H and O–H groups in total. The molecule has 1 aromatic rings. The minimum absolute atomic E-state index is 0.00816. The first-order valence-corrected chi connectivity index (χ1v) is 7.89. The van der Waals surface area contributed by atoms with Crippen LogP contribution in [0.4, 0.5) is 10.5 Å². The fourth-order valence-corrected chi connectivity index (χ4v) is 3.40. The van der Waals surface area contributed by atoms with Gasteiger partial charge in [0.25, 0.3) is 11.6 Å². The van der Waals surface area contributed by atoms with Crippen LogP contribution in [0.5, 0.6) is 0 Å². The molecule has 0 atom stereocenters. The van der Waals surface area contributed by atoms with E-state index in [0.717, 1.165) is 25.7 Å². The number of nitro benzene ring substituents is 1. The molecule has 1 heterocycles. The number of hydrogen-bond acceptors (Lipinski definition) is 4. The largest absolute Gasteiger partial charge is 0.325 e. The van der Waals surface area contributed by atoms with Crippen LogP contribution >= 0.6 is 0 Å². The SMILES string of the molecule is O=C1NC2(CCCCCC2)C(=O)N1Cc1ccc([N+](=O)[O-])cc1. The Morgan fingerprint density at radius 3 is 2.26 bits per heavy atom. The van der Waals surface area contributed by atoms with Gasteiger partial charge in [0.2, 0.25) is 0 Å². The van der Waals surface area contributed by atoms with E-state index in [2.05, 4.69) is 5.32 Å². The van der Waals surface area contributed by atoms with Crippen LogP contribution in [0, 0.1) is 10.1 Å². The molecule has 1 spiro atoms. The van der Waals surface area contributed by atoms with E-state index in [0.29, 0.717) is 18.4 Å². The van der Waals surface area contributed by atoms with Gasteiger partial charge in [0, 0.05) is 12.1 Å². The molecule has 1 saturated heterocycles. The van der Waals surface area contributed by atoms with Crippen molar-refractivity contribution in [3.8, 4) is 0 Å². The lowest BCUT2D eigenvalue weighted by atomic mass is 9.90. The lowest BCUT2D eigenvalue weighted by Gasteiger charge is -2.24. The molecule has 3 rings (SSSR count). The zero-order chi connectivity index (χ0) is 16.4. The van der Waals surface area contributed by atoms with E-state index in [-0.39, 0.29) is 24.2 Å². The minimum atomic E-state index is -0.742. The number of non-ortho nitro benzene ring substituents is 1. The minimum Gasteiger partial charge on any atom is -0.323 e. The van der Waals surface area contributed by atoms with Gasteiger partial charge in [0.05, 0.1) is 11.5 Å². The molecular weight excluding hydrogens is 298 g/mol. The quantitative estimate of drug-likeness (QED) is 0.527. The highest BCUT2D eigenvalue weighted by Crippen LogP contribution is 2.33. The zero-order valence-electron chi connectivity index (χ0n) is 12.8. The monoisotopic (exact) mass is 317 g/mol. The topological polar surface area (TPSA) is 92.6 Å². The van der Waals surface area contributed by atoms with Gasteiger partial charge in [0.1, 0.15) is 5.54 Å². The first kappa shape index (κ1) is 15.5. The second-order valence-corrected chi connectivity index (χ2v) is 6.24. The number of nitrogens with zero attached hydrogens (tertiary/aromatic N) is 2. The Morgan fingerprint density at radius 2 is 1.70 bits per heavy atom. The van der Waals surface area contributed by atoms with Gasteiger partial charge in [-0.15, -0.1) is 0 Å². The number of rotatable bonds is 3. The Hall–Kier alpha value is -2.44. The van der Waals surface area contributed by atoms with E-state index >= 15 is 0 Å². The van der Waals surface area contributed by atoms with Gasteiger partial charge in [0.15, 0.2) is 0 Å². The molecule has 0 unspecified atom stereocenters. The van der Waals surface area contributed by atoms with Crippen molar-refractivity contribution in [2.75, 3.05) is 0 Å². The number of hydrogen-bond donors (Lipinski definition) is 1. The van der Waals surface area contributed by atoms with Crippen molar-refractivity contribution in [1.29, 1.82) is 0 Å². The molecule has 0 bridgehead atoms. The molecule has 7 nitrogen and oxygen atoms in total.